The maximum Gasteiger partial charge on any atom is 0.404 e. The van der Waals surface area contributed by atoms with Gasteiger partial charge in [0, 0.05) is 43.9 Å². The van der Waals surface area contributed by atoms with Crippen LogP contribution >= 0.6 is 11.8 Å². The second kappa shape index (κ2) is 14.5. The van der Waals surface area contributed by atoms with Crippen molar-refractivity contribution in [3.63, 3.8) is 0 Å². The fraction of sp³-hybridized carbons (Fsp3) is 0.536. The lowest BCUT2D eigenvalue weighted by Gasteiger charge is -2.30. The van der Waals surface area contributed by atoms with Gasteiger partial charge in [0.05, 0.1) is 23.6 Å². The smallest absolute Gasteiger partial charge is 0.404 e. The van der Waals surface area contributed by atoms with E-state index in [-0.39, 0.29) is 37.1 Å². The molecule has 2 aromatic carbocycles. The molecule has 41 heavy (non-hydrogen) atoms. The van der Waals surface area contributed by atoms with Gasteiger partial charge in [0.2, 0.25) is 16.8 Å². The average molecular weight is 610 g/mol. The summed E-state index contributed by atoms with van der Waals surface area (Å²) in [5, 5.41) is 23.0. The van der Waals surface area contributed by atoms with Gasteiger partial charge in [-0.05, 0) is 48.6 Å². The number of nitrogens with one attached hydrogen (secondary N) is 1. The van der Waals surface area contributed by atoms with Crippen molar-refractivity contribution >= 4 is 27.9 Å². The van der Waals surface area contributed by atoms with Crippen molar-refractivity contribution in [1.29, 1.82) is 0 Å². The highest BCUT2D eigenvalue weighted by atomic mass is 32.2. The molecule has 2 aromatic rings. The molecule has 1 saturated heterocycles. The normalized spacial score (nSPS) is 16.7. The molecule has 11 nitrogen and oxygen atoms in total. The lowest BCUT2D eigenvalue weighted by atomic mass is 10.0. The van der Waals surface area contributed by atoms with Crippen LogP contribution in [0.2, 0.25) is 0 Å². The highest BCUT2D eigenvalue weighted by Crippen LogP contribution is 2.35. The number of benzene rings is 2. The molecule has 0 spiro atoms. The summed E-state index contributed by atoms with van der Waals surface area (Å²) < 4.78 is 44.8. The third-order valence-corrected chi connectivity index (χ3v) is 9.65. The van der Waals surface area contributed by atoms with E-state index in [4.69, 9.17) is 14.2 Å². The van der Waals surface area contributed by atoms with Crippen LogP contribution in [-0.4, -0.2) is 97.3 Å². The van der Waals surface area contributed by atoms with Crippen LogP contribution in [0.25, 0.3) is 0 Å². The number of aliphatic hydroxyl groups excluding tert-OH is 1. The lowest BCUT2D eigenvalue weighted by Crippen LogP contribution is -2.50. The molecule has 13 heteroatoms. The van der Waals surface area contributed by atoms with E-state index in [1.807, 2.05) is 49.9 Å². The Bertz CT molecular complexity index is 1250. The Labute approximate surface area is 245 Å². The molecule has 2 aliphatic rings. The monoisotopic (exact) mass is 609 g/mol. The highest BCUT2D eigenvalue weighted by molar-refractivity contribution is 7.99. The number of carbonyl (C=O) groups is 1. The van der Waals surface area contributed by atoms with Crippen molar-refractivity contribution in [3.8, 4) is 17.2 Å². The molecular formula is C28H39N3O8S2. The van der Waals surface area contributed by atoms with Crippen molar-refractivity contribution in [1.82, 2.24) is 14.5 Å². The van der Waals surface area contributed by atoms with Crippen LogP contribution in [0.15, 0.2) is 47.4 Å². The quantitative estimate of drug-likeness (QED) is 0.258. The van der Waals surface area contributed by atoms with Crippen LogP contribution in [0, 0.1) is 5.92 Å². The molecule has 4 rings (SSSR count). The number of hydrogen-bond donors (Lipinski definition) is 3. The summed E-state index contributed by atoms with van der Waals surface area (Å²) in [7, 11) is -4.03. The van der Waals surface area contributed by atoms with Crippen LogP contribution < -0.4 is 19.5 Å². The topological polar surface area (TPSA) is 138 Å². The second-order valence-electron chi connectivity index (χ2n) is 10.6. The molecule has 0 saturated carbocycles. The Morgan fingerprint density at radius 2 is 1.90 bits per heavy atom. The van der Waals surface area contributed by atoms with Crippen molar-refractivity contribution in [3.05, 3.63) is 48.0 Å². The van der Waals surface area contributed by atoms with Crippen molar-refractivity contribution in [2.24, 2.45) is 5.92 Å². The van der Waals surface area contributed by atoms with Gasteiger partial charge in [-0.15, -0.1) is 11.8 Å². The SMILES string of the molecule is CC(C)CN(C[C@@H](O)[C@H](Cc1ccc(OCCCN2CCSC2)cc1)NC(=O)O)S(=O)(=O)c1ccc2c(c1)OCO2. The number of carboxylic acid groups (broad SMARTS) is 1. The van der Waals surface area contributed by atoms with Crippen LogP contribution in [0.3, 0.4) is 0 Å². The summed E-state index contributed by atoms with van der Waals surface area (Å²) >= 11 is 1.94. The van der Waals surface area contributed by atoms with E-state index in [1.165, 1.54) is 28.3 Å². The number of rotatable bonds is 15. The fourth-order valence-electron chi connectivity index (χ4n) is 4.72. The van der Waals surface area contributed by atoms with Gasteiger partial charge in [-0.3, -0.25) is 4.90 Å². The number of sulfonamides is 1. The Morgan fingerprint density at radius 1 is 1.15 bits per heavy atom. The molecule has 0 bridgehead atoms. The number of amides is 1. The number of thioether (sulfide) groups is 1. The van der Waals surface area contributed by atoms with Crippen LogP contribution in [-0.2, 0) is 16.4 Å². The number of hydrogen-bond acceptors (Lipinski definition) is 9. The maximum absolute atomic E-state index is 13.6. The van der Waals surface area contributed by atoms with Gasteiger partial charge in [0.1, 0.15) is 5.75 Å². The first-order valence-electron chi connectivity index (χ1n) is 13.7. The molecule has 2 atom stereocenters. The first-order valence-corrected chi connectivity index (χ1v) is 16.3. The summed E-state index contributed by atoms with van der Waals surface area (Å²) in [6.07, 6.45) is -1.52. The first-order chi connectivity index (χ1) is 19.6. The second-order valence-corrected chi connectivity index (χ2v) is 13.6. The highest BCUT2D eigenvalue weighted by Gasteiger charge is 2.32. The van der Waals surface area contributed by atoms with E-state index < -0.39 is 28.3 Å². The standard InChI is InChI=1S/C28H39N3O8S2/c1-20(2)16-31(41(35,36)23-8-9-26-27(15-23)39-19-38-26)17-25(32)24(29-28(33)34)14-21-4-6-22(7-5-21)37-12-3-10-30-11-13-40-18-30/h4-9,15,20,24-25,29,32H,3,10-14,16-19H2,1-2H3,(H,33,34)/t24-,25+/m0/s1. The van der Waals surface area contributed by atoms with Crippen LogP contribution in [0.4, 0.5) is 4.79 Å². The molecule has 0 unspecified atom stereocenters. The predicted molar refractivity (Wildman–Crippen MR) is 156 cm³/mol. The fourth-order valence-corrected chi connectivity index (χ4v) is 7.39. The van der Waals surface area contributed by atoms with E-state index in [1.54, 1.807) is 0 Å². The Balaban J connectivity index is 1.40. The minimum absolute atomic E-state index is 0.00671. The summed E-state index contributed by atoms with van der Waals surface area (Å²) in [5.74, 6) is 3.72. The van der Waals surface area contributed by atoms with Gasteiger partial charge in [0.25, 0.3) is 0 Å². The lowest BCUT2D eigenvalue weighted by molar-refractivity contribution is 0.0980. The zero-order valence-electron chi connectivity index (χ0n) is 23.4. The van der Waals surface area contributed by atoms with Gasteiger partial charge in [-0.2, -0.15) is 4.31 Å². The van der Waals surface area contributed by atoms with E-state index in [9.17, 15) is 23.4 Å². The molecule has 2 aliphatic heterocycles. The van der Waals surface area contributed by atoms with E-state index in [2.05, 4.69) is 10.2 Å². The number of fused-ring (bicyclic) bond motifs is 1. The molecule has 0 radical (unpaired) electrons. The number of ether oxygens (including phenoxy) is 3. The van der Waals surface area contributed by atoms with Crippen LogP contribution in [0.1, 0.15) is 25.8 Å². The molecule has 3 N–H and O–H groups in total. The average Bonchev–Trinajstić information content (AvgIpc) is 3.62. The Kier molecular flexibility index (Phi) is 11.0. The summed E-state index contributed by atoms with van der Waals surface area (Å²) in [4.78, 5) is 14.0. The van der Waals surface area contributed by atoms with Gasteiger partial charge < -0.3 is 29.7 Å². The summed E-state index contributed by atoms with van der Waals surface area (Å²) in [6.45, 7) is 6.33. The van der Waals surface area contributed by atoms with Gasteiger partial charge >= 0.3 is 6.09 Å². The first kappa shape index (κ1) is 31.2. The minimum Gasteiger partial charge on any atom is -0.494 e. The van der Waals surface area contributed by atoms with E-state index in [0.717, 1.165) is 31.0 Å². The largest absolute Gasteiger partial charge is 0.494 e. The van der Waals surface area contributed by atoms with Crippen molar-refractivity contribution in [2.75, 3.05) is 51.2 Å². The van der Waals surface area contributed by atoms with Gasteiger partial charge in [0.15, 0.2) is 11.5 Å². The summed E-state index contributed by atoms with van der Waals surface area (Å²) in [6, 6.07) is 10.7. The maximum atomic E-state index is 13.6. The van der Waals surface area contributed by atoms with Crippen molar-refractivity contribution < 1.29 is 37.6 Å². The Hall–Kier alpha value is -2.71. The molecular weight excluding hydrogens is 570 g/mol. The number of nitrogens with zero attached hydrogens (tertiary/aromatic N) is 2. The Morgan fingerprint density at radius 3 is 2.59 bits per heavy atom. The zero-order valence-corrected chi connectivity index (χ0v) is 25.0. The predicted octanol–water partition coefficient (Wildman–Crippen LogP) is 3.08. The van der Waals surface area contributed by atoms with E-state index in [0.29, 0.717) is 23.9 Å². The van der Waals surface area contributed by atoms with Gasteiger partial charge in [-0.25, -0.2) is 13.2 Å². The number of aliphatic hydroxyl groups is 1. The third-order valence-electron chi connectivity index (χ3n) is 6.81. The van der Waals surface area contributed by atoms with Gasteiger partial charge in [-0.1, -0.05) is 26.0 Å². The minimum atomic E-state index is -4.03. The molecule has 226 valence electrons. The molecule has 1 amide bonds. The van der Waals surface area contributed by atoms with Crippen LogP contribution in [0.5, 0.6) is 17.2 Å². The molecule has 2 heterocycles. The van der Waals surface area contributed by atoms with E-state index >= 15 is 0 Å². The molecule has 0 aromatic heterocycles. The summed E-state index contributed by atoms with van der Waals surface area (Å²) in [5.41, 5.74) is 0.776. The zero-order chi connectivity index (χ0) is 29.4. The molecule has 0 aliphatic carbocycles. The molecule has 1 fully saturated rings. The third kappa shape index (κ3) is 8.89. The van der Waals surface area contributed by atoms with Crippen molar-refractivity contribution in [2.45, 2.75) is 43.7 Å².